The van der Waals surface area contributed by atoms with Gasteiger partial charge in [-0.1, -0.05) is 11.6 Å². The molecular formula is C7H7Cl2FN4. The van der Waals surface area contributed by atoms with Crippen molar-refractivity contribution in [2.75, 3.05) is 18.5 Å². The highest BCUT2D eigenvalue weighted by Crippen LogP contribution is 2.20. The lowest BCUT2D eigenvalue weighted by Gasteiger charge is -2.07. The first-order valence-corrected chi connectivity index (χ1v) is 4.48. The number of nitrogens with zero attached hydrogens (tertiary/aromatic N) is 2. The molecule has 0 aromatic carbocycles. The van der Waals surface area contributed by atoms with Crippen LogP contribution in [-0.2, 0) is 0 Å². The number of rotatable bonds is 4. The van der Waals surface area contributed by atoms with Gasteiger partial charge in [0.1, 0.15) is 17.6 Å². The molecule has 0 aliphatic rings. The number of anilines is 1. The Morgan fingerprint density at radius 3 is 2.71 bits per heavy atom. The van der Waals surface area contributed by atoms with Crippen LogP contribution in [0, 0.1) is 5.41 Å². The van der Waals surface area contributed by atoms with E-state index in [1.165, 1.54) is 0 Å². The molecule has 0 saturated heterocycles. The topological polar surface area (TPSA) is 61.7 Å². The van der Waals surface area contributed by atoms with E-state index in [1.807, 2.05) is 0 Å². The van der Waals surface area contributed by atoms with Crippen LogP contribution in [0.15, 0.2) is 0 Å². The Labute approximate surface area is 90.0 Å². The van der Waals surface area contributed by atoms with Crippen molar-refractivity contribution in [3.05, 3.63) is 16.0 Å². The van der Waals surface area contributed by atoms with E-state index < -0.39 is 6.67 Å². The first-order valence-electron chi connectivity index (χ1n) is 3.72. The summed E-state index contributed by atoms with van der Waals surface area (Å²) in [6.45, 7) is -0.457. The number of nitrogens with one attached hydrogen (secondary N) is 2. The molecule has 7 heteroatoms. The maximum atomic E-state index is 11.9. The lowest BCUT2D eigenvalue weighted by Crippen LogP contribution is -2.08. The van der Waals surface area contributed by atoms with Gasteiger partial charge in [-0.25, -0.2) is 14.4 Å². The molecule has 0 atom stereocenters. The third-order valence-corrected chi connectivity index (χ3v) is 1.86. The summed E-state index contributed by atoms with van der Waals surface area (Å²) in [5, 5.41) is 9.75. The summed E-state index contributed by atoms with van der Waals surface area (Å²) in [5.74, 6) is 0.266. The van der Waals surface area contributed by atoms with E-state index in [0.29, 0.717) is 5.56 Å². The van der Waals surface area contributed by atoms with E-state index in [-0.39, 0.29) is 22.8 Å². The van der Waals surface area contributed by atoms with E-state index >= 15 is 0 Å². The standard InChI is InChI=1S/C7H7Cl2FN4/c8-5-4(3-11)6(12-2-1-10)14-7(9)13-5/h3,11H,1-2H2,(H,12,13,14). The monoisotopic (exact) mass is 236 g/mol. The number of hydrogen-bond donors (Lipinski definition) is 2. The summed E-state index contributed by atoms with van der Waals surface area (Å²) in [5.41, 5.74) is 0.296. The highest BCUT2D eigenvalue weighted by atomic mass is 35.5. The molecule has 14 heavy (non-hydrogen) atoms. The molecule has 1 rings (SSSR count). The SMILES string of the molecule is N=Cc1c(Cl)nc(Cl)nc1NCCF. The Hall–Kier alpha value is -0.940. The summed E-state index contributed by atoms with van der Waals surface area (Å²) in [6.07, 6.45) is 0.985. The Bertz CT molecular complexity index is 345. The fourth-order valence-electron chi connectivity index (χ4n) is 0.845. The Kier molecular flexibility index (Phi) is 4.03. The quantitative estimate of drug-likeness (QED) is 0.479. The van der Waals surface area contributed by atoms with E-state index in [2.05, 4.69) is 15.3 Å². The van der Waals surface area contributed by atoms with Crippen molar-refractivity contribution >= 4 is 35.2 Å². The summed E-state index contributed by atoms with van der Waals surface area (Å²) in [7, 11) is 0. The van der Waals surface area contributed by atoms with Gasteiger partial charge in [0.15, 0.2) is 0 Å². The molecular weight excluding hydrogens is 230 g/mol. The van der Waals surface area contributed by atoms with Crippen LogP contribution in [0.4, 0.5) is 10.2 Å². The second-order valence-electron chi connectivity index (χ2n) is 2.31. The Morgan fingerprint density at radius 2 is 2.14 bits per heavy atom. The van der Waals surface area contributed by atoms with Crippen LogP contribution >= 0.6 is 23.2 Å². The Morgan fingerprint density at radius 1 is 1.43 bits per heavy atom. The fraction of sp³-hybridized carbons (Fsp3) is 0.286. The molecule has 0 saturated carbocycles. The minimum Gasteiger partial charge on any atom is -0.367 e. The van der Waals surface area contributed by atoms with Crippen LogP contribution in [0.5, 0.6) is 0 Å². The minimum atomic E-state index is -0.545. The van der Waals surface area contributed by atoms with Gasteiger partial charge in [-0.15, -0.1) is 0 Å². The Balaban J connectivity index is 3.05. The molecule has 2 N–H and O–H groups in total. The minimum absolute atomic E-state index is 0.0399. The van der Waals surface area contributed by atoms with Crippen molar-refractivity contribution < 1.29 is 4.39 Å². The lowest BCUT2D eigenvalue weighted by molar-refractivity contribution is 0.512. The second kappa shape index (κ2) is 5.07. The molecule has 76 valence electrons. The van der Waals surface area contributed by atoms with Gasteiger partial charge >= 0.3 is 0 Å². The fourth-order valence-corrected chi connectivity index (χ4v) is 1.28. The normalized spacial score (nSPS) is 9.93. The van der Waals surface area contributed by atoms with Gasteiger partial charge in [-0.3, -0.25) is 0 Å². The number of hydrogen-bond acceptors (Lipinski definition) is 4. The molecule has 0 unspecified atom stereocenters. The highest BCUT2D eigenvalue weighted by molar-refractivity contribution is 6.34. The molecule has 1 aromatic heterocycles. The third-order valence-electron chi connectivity index (χ3n) is 1.40. The van der Waals surface area contributed by atoms with E-state index in [1.54, 1.807) is 0 Å². The molecule has 4 nitrogen and oxygen atoms in total. The summed E-state index contributed by atoms with van der Waals surface area (Å²) >= 11 is 11.2. The van der Waals surface area contributed by atoms with Crippen molar-refractivity contribution in [1.29, 1.82) is 5.41 Å². The molecule has 0 spiro atoms. The molecule has 1 heterocycles. The third kappa shape index (κ3) is 2.52. The average Bonchev–Trinajstić information content (AvgIpc) is 2.14. The molecule has 0 fully saturated rings. The predicted molar refractivity (Wildman–Crippen MR) is 54.4 cm³/mol. The lowest BCUT2D eigenvalue weighted by atomic mass is 10.3. The van der Waals surface area contributed by atoms with Crippen molar-refractivity contribution in [2.24, 2.45) is 0 Å². The van der Waals surface area contributed by atoms with Crippen molar-refractivity contribution in [2.45, 2.75) is 0 Å². The van der Waals surface area contributed by atoms with Gasteiger partial charge < -0.3 is 10.7 Å². The van der Waals surface area contributed by atoms with Gasteiger partial charge in [-0.2, -0.15) is 0 Å². The maximum Gasteiger partial charge on any atom is 0.225 e. The second-order valence-corrected chi connectivity index (χ2v) is 3.00. The largest absolute Gasteiger partial charge is 0.367 e. The van der Waals surface area contributed by atoms with Crippen molar-refractivity contribution in [3.63, 3.8) is 0 Å². The number of alkyl halides is 1. The first kappa shape index (κ1) is 11.1. The van der Waals surface area contributed by atoms with Crippen LogP contribution < -0.4 is 5.32 Å². The summed E-state index contributed by atoms with van der Waals surface area (Å²) < 4.78 is 11.9. The average molecular weight is 237 g/mol. The zero-order valence-electron chi connectivity index (χ0n) is 7.02. The zero-order valence-corrected chi connectivity index (χ0v) is 8.53. The van der Waals surface area contributed by atoms with Crippen LogP contribution in [0.3, 0.4) is 0 Å². The van der Waals surface area contributed by atoms with Gasteiger partial charge in [0.25, 0.3) is 0 Å². The number of halogens is 3. The first-order chi connectivity index (χ1) is 6.69. The van der Waals surface area contributed by atoms with Gasteiger partial charge in [-0.05, 0) is 11.6 Å². The van der Waals surface area contributed by atoms with Gasteiger partial charge in [0.05, 0.1) is 5.56 Å². The molecule has 0 bridgehead atoms. The maximum absolute atomic E-state index is 11.9. The molecule has 0 amide bonds. The van der Waals surface area contributed by atoms with Crippen molar-refractivity contribution in [3.8, 4) is 0 Å². The predicted octanol–water partition coefficient (Wildman–Crippen LogP) is 2.16. The van der Waals surface area contributed by atoms with Crippen LogP contribution in [0.1, 0.15) is 5.56 Å². The number of aromatic nitrogens is 2. The molecule has 0 aliphatic carbocycles. The van der Waals surface area contributed by atoms with Crippen LogP contribution in [-0.4, -0.2) is 29.4 Å². The van der Waals surface area contributed by atoms with Gasteiger partial charge in [0, 0.05) is 12.8 Å². The van der Waals surface area contributed by atoms with Gasteiger partial charge in [0.2, 0.25) is 5.28 Å². The zero-order chi connectivity index (χ0) is 10.6. The smallest absolute Gasteiger partial charge is 0.225 e. The summed E-state index contributed by atoms with van der Waals surface area (Å²) in [4.78, 5) is 7.43. The molecule has 0 radical (unpaired) electrons. The van der Waals surface area contributed by atoms with E-state index in [9.17, 15) is 4.39 Å². The van der Waals surface area contributed by atoms with E-state index in [0.717, 1.165) is 6.21 Å². The van der Waals surface area contributed by atoms with E-state index in [4.69, 9.17) is 28.6 Å². The highest BCUT2D eigenvalue weighted by Gasteiger charge is 2.09. The summed E-state index contributed by atoms with van der Waals surface area (Å²) in [6, 6.07) is 0. The van der Waals surface area contributed by atoms with Crippen molar-refractivity contribution in [1.82, 2.24) is 9.97 Å². The molecule has 1 aromatic rings. The molecule has 0 aliphatic heterocycles. The van der Waals surface area contributed by atoms with Crippen LogP contribution in [0.2, 0.25) is 10.4 Å². The van der Waals surface area contributed by atoms with Crippen LogP contribution in [0.25, 0.3) is 0 Å².